The van der Waals surface area contributed by atoms with Gasteiger partial charge in [-0.15, -0.1) is 0 Å². The van der Waals surface area contributed by atoms with Gasteiger partial charge in [0, 0.05) is 12.2 Å². The second-order valence-corrected chi connectivity index (χ2v) is 6.56. The summed E-state index contributed by atoms with van der Waals surface area (Å²) in [5, 5.41) is 13.1. The maximum absolute atomic E-state index is 13.3. The molecule has 1 aliphatic carbocycles. The van der Waals surface area contributed by atoms with Gasteiger partial charge in [-0.3, -0.25) is 0 Å². The summed E-state index contributed by atoms with van der Waals surface area (Å²) in [7, 11) is 0. The van der Waals surface area contributed by atoms with E-state index in [1.54, 1.807) is 6.07 Å². The fourth-order valence-electron chi connectivity index (χ4n) is 2.60. The molecule has 0 spiro atoms. The zero-order chi connectivity index (χ0) is 15.2. The van der Waals surface area contributed by atoms with Crippen molar-refractivity contribution in [3.63, 3.8) is 0 Å². The number of aryl methyl sites for hydroxylation is 1. The lowest BCUT2D eigenvalue weighted by atomic mass is 9.98. The van der Waals surface area contributed by atoms with Crippen molar-refractivity contribution in [1.29, 1.82) is 0 Å². The van der Waals surface area contributed by atoms with Gasteiger partial charge in [0.25, 0.3) is 0 Å². The fourth-order valence-corrected chi connectivity index (χ4v) is 2.95. The zero-order valence-electron chi connectivity index (χ0n) is 12.4. The Hall–Kier alpha value is -0.650. The minimum Gasteiger partial charge on any atom is -0.389 e. The van der Waals surface area contributed by atoms with Gasteiger partial charge >= 0.3 is 0 Å². The molecule has 2 rings (SSSR count). The highest BCUT2D eigenvalue weighted by molar-refractivity contribution is 9.10. The van der Waals surface area contributed by atoms with Crippen molar-refractivity contribution in [2.24, 2.45) is 0 Å². The highest BCUT2D eigenvalue weighted by Gasteiger charge is 2.15. The Morgan fingerprint density at radius 1 is 1.38 bits per heavy atom. The van der Waals surface area contributed by atoms with Crippen LogP contribution in [0.2, 0.25) is 0 Å². The van der Waals surface area contributed by atoms with Crippen LogP contribution in [0, 0.1) is 12.7 Å². The van der Waals surface area contributed by atoms with E-state index in [2.05, 4.69) is 21.2 Å². The van der Waals surface area contributed by atoms with E-state index in [4.69, 9.17) is 4.74 Å². The van der Waals surface area contributed by atoms with E-state index >= 15 is 0 Å². The molecular formula is C16H23BrFNO2. The Labute approximate surface area is 134 Å². The van der Waals surface area contributed by atoms with Crippen LogP contribution in [0.15, 0.2) is 16.6 Å². The third kappa shape index (κ3) is 5.24. The summed E-state index contributed by atoms with van der Waals surface area (Å²) in [6.45, 7) is 2.58. The third-order valence-corrected chi connectivity index (χ3v) is 4.48. The molecular weight excluding hydrogens is 337 g/mol. The Kier molecular flexibility index (Phi) is 6.45. The number of nitrogens with one attached hydrogen (secondary N) is 1. The van der Waals surface area contributed by atoms with Gasteiger partial charge in [0.1, 0.15) is 5.82 Å². The largest absolute Gasteiger partial charge is 0.389 e. The number of halogens is 2. The minimum absolute atomic E-state index is 0.278. The van der Waals surface area contributed by atoms with Gasteiger partial charge in [0.2, 0.25) is 0 Å². The molecule has 1 unspecified atom stereocenters. The first-order valence-corrected chi connectivity index (χ1v) is 8.34. The summed E-state index contributed by atoms with van der Waals surface area (Å²) in [6, 6.07) is 3.16. The van der Waals surface area contributed by atoms with Crippen molar-refractivity contribution in [3.05, 3.63) is 28.0 Å². The molecule has 0 amide bonds. The van der Waals surface area contributed by atoms with E-state index in [9.17, 15) is 9.50 Å². The minimum atomic E-state index is -0.560. The van der Waals surface area contributed by atoms with Gasteiger partial charge in [-0.25, -0.2) is 4.39 Å². The number of anilines is 1. The van der Waals surface area contributed by atoms with Gasteiger partial charge in [0.15, 0.2) is 0 Å². The Balaban J connectivity index is 1.75. The van der Waals surface area contributed by atoms with Gasteiger partial charge in [0.05, 0.1) is 23.3 Å². The molecule has 1 fully saturated rings. The molecule has 0 heterocycles. The smallest absolute Gasteiger partial charge is 0.137 e. The number of hydrogen-bond donors (Lipinski definition) is 2. The second kappa shape index (κ2) is 8.11. The molecule has 1 atom stereocenters. The first kappa shape index (κ1) is 16.7. The van der Waals surface area contributed by atoms with Gasteiger partial charge < -0.3 is 15.2 Å². The molecule has 2 N–H and O–H groups in total. The Morgan fingerprint density at radius 2 is 2.10 bits per heavy atom. The molecule has 1 aromatic rings. The van der Waals surface area contributed by atoms with Crippen LogP contribution in [-0.4, -0.2) is 30.5 Å². The number of ether oxygens (including phenoxy) is 1. The normalized spacial score (nSPS) is 17.7. The van der Waals surface area contributed by atoms with E-state index in [0.29, 0.717) is 23.7 Å². The highest BCUT2D eigenvalue weighted by Crippen LogP contribution is 2.24. The van der Waals surface area contributed by atoms with Crippen LogP contribution < -0.4 is 5.32 Å². The average molecular weight is 360 g/mol. The monoisotopic (exact) mass is 359 g/mol. The molecule has 0 bridgehead atoms. The Morgan fingerprint density at radius 3 is 2.81 bits per heavy atom. The van der Waals surface area contributed by atoms with E-state index < -0.39 is 6.10 Å². The van der Waals surface area contributed by atoms with E-state index in [1.165, 1.54) is 25.3 Å². The second-order valence-electron chi connectivity index (χ2n) is 5.71. The maximum Gasteiger partial charge on any atom is 0.137 e. The molecule has 0 aliphatic heterocycles. The van der Waals surface area contributed by atoms with Crippen molar-refractivity contribution in [1.82, 2.24) is 0 Å². The lowest BCUT2D eigenvalue weighted by Crippen LogP contribution is -2.28. The molecule has 0 saturated heterocycles. The topological polar surface area (TPSA) is 41.5 Å². The van der Waals surface area contributed by atoms with E-state index in [0.717, 1.165) is 24.1 Å². The molecule has 1 aromatic carbocycles. The van der Waals surface area contributed by atoms with Crippen LogP contribution in [0.1, 0.15) is 37.7 Å². The predicted octanol–water partition coefficient (Wildman–Crippen LogP) is 4.02. The van der Waals surface area contributed by atoms with E-state index in [-0.39, 0.29) is 5.82 Å². The van der Waals surface area contributed by atoms with Crippen LogP contribution in [0.25, 0.3) is 0 Å². The molecule has 21 heavy (non-hydrogen) atoms. The lowest BCUT2D eigenvalue weighted by molar-refractivity contribution is -0.0195. The summed E-state index contributed by atoms with van der Waals surface area (Å²) in [5.74, 6) is -0.278. The first-order chi connectivity index (χ1) is 10.1. The molecule has 118 valence electrons. The number of benzene rings is 1. The van der Waals surface area contributed by atoms with Crippen molar-refractivity contribution < 1.29 is 14.2 Å². The first-order valence-electron chi connectivity index (χ1n) is 7.55. The molecule has 0 aromatic heterocycles. The van der Waals surface area contributed by atoms with Crippen LogP contribution in [0.3, 0.4) is 0 Å². The number of aliphatic hydroxyl groups excluding tert-OH is 1. The lowest BCUT2D eigenvalue weighted by Gasteiger charge is -2.23. The number of aliphatic hydroxyl groups is 1. The summed E-state index contributed by atoms with van der Waals surface area (Å²) in [5.41, 5.74) is 1.64. The summed E-state index contributed by atoms with van der Waals surface area (Å²) >= 11 is 3.17. The maximum atomic E-state index is 13.3. The average Bonchev–Trinajstić information content (AvgIpc) is 2.48. The van der Waals surface area contributed by atoms with Gasteiger partial charge in [-0.05, 0) is 53.4 Å². The number of rotatable bonds is 6. The van der Waals surface area contributed by atoms with Gasteiger partial charge in [-0.2, -0.15) is 0 Å². The molecule has 1 aliphatic rings. The molecule has 1 saturated carbocycles. The van der Waals surface area contributed by atoms with Crippen molar-refractivity contribution in [3.8, 4) is 0 Å². The third-order valence-electron chi connectivity index (χ3n) is 3.87. The number of hydrogen-bond acceptors (Lipinski definition) is 3. The van der Waals surface area contributed by atoms with Crippen molar-refractivity contribution in [2.45, 2.75) is 51.2 Å². The molecule has 5 heteroatoms. The molecule has 3 nitrogen and oxygen atoms in total. The standard InChI is InChI=1S/C16H23BrFNO2/c1-11-7-15(18)14(17)8-16(11)19-9-12(20)10-21-13-5-3-2-4-6-13/h7-8,12-13,19-20H,2-6,9-10H2,1H3. The summed E-state index contributed by atoms with van der Waals surface area (Å²) < 4.78 is 19.5. The van der Waals surface area contributed by atoms with Crippen LogP contribution in [-0.2, 0) is 4.74 Å². The quantitative estimate of drug-likeness (QED) is 0.805. The van der Waals surface area contributed by atoms with Crippen LogP contribution >= 0.6 is 15.9 Å². The molecule has 0 radical (unpaired) electrons. The summed E-state index contributed by atoms with van der Waals surface area (Å²) in [4.78, 5) is 0. The van der Waals surface area contributed by atoms with Crippen molar-refractivity contribution in [2.75, 3.05) is 18.5 Å². The van der Waals surface area contributed by atoms with Crippen molar-refractivity contribution >= 4 is 21.6 Å². The van der Waals surface area contributed by atoms with Gasteiger partial charge in [-0.1, -0.05) is 19.3 Å². The highest BCUT2D eigenvalue weighted by atomic mass is 79.9. The van der Waals surface area contributed by atoms with Crippen LogP contribution in [0.4, 0.5) is 10.1 Å². The predicted molar refractivity (Wildman–Crippen MR) is 86.2 cm³/mol. The SMILES string of the molecule is Cc1cc(F)c(Br)cc1NCC(O)COC1CCCCC1. The fraction of sp³-hybridized carbons (Fsp3) is 0.625. The van der Waals surface area contributed by atoms with E-state index in [1.807, 2.05) is 6.92 Å². The Bertz CT molecular complexity index is 464. The summed E-state index contributed by atoms with van der Waals surface area (Å²) in [6.07, 6.45) is 5.69. The van der Waals surface area contributed by atoms with Crippen LogP contribution in [0.5, 0.6) is 0 Å². The zero-order valence-corrected chi connectivity index (χ0v) is 14.0.